The summed E-state index contributed by atoms with van der Waals surface area (Å²) in [6.07, 6.45) is 0.785. The highest BCUT2D eigenvalue weighted by atomic mass is 16.5. The van der Waals surface area contributed by atoms with Crippen LogP contribution in [0, 0.1) is 12.8 Å². The van der Waals surface area contributed by atoms with Gasteiger partial charge >= 0.3 is 5.97 Å². The molecule has 0 fully saturated rings. The number of carbonyl (C=O) groups is 2. The zero-order chi connectivity index (χ0) is 16.8. The molecule has 1 atom stereocenters. The monoisotopic (exact) mass is 311 g/mol. The van der Waals surface area contributed by atoms with Crippen LogP contribution in [0.1, 0.15) is 36.2 Å². The highest BCUT2D eigenvalue weighted by Crippen LogP contribution is 2.16. The van der Waals surface area contributed by atoms with E-state index in [9.17, 15) is 9.59 Å². The van der Waals surface area contributed by atoms with Gasteiger partial charge in [0.05, 0.1) is 5.56 Å². The Bertz CT molecular complexity index is 675. The van der Waals surface area contributed by atoms with Crippen LogP contribution in [-0.4, -0.2) is 11.9 Å². The summed E-state index contributed by atoms with van der Waals surface area (Å²) in [6.45, 7) is 5.81. The molecule has 2 rings (SSSR count). The third-order valence-corrected chi connectivity index (χ3v) is 3.68. The number of hydrogen-bond acceptors (Lipinski definition) is 3. The average Bonchev–Trinajstić information content (AvgIpc) is 2.56. The molecule has 0 bridgehead atoms. The van der Waals surface area contributed by atoms with Crippen molar-refractivity contribution in [1.29, 1.82) is 0 Å². The summed E-state index contributed by atoms with van der Waals surface area (Å²) >= 11 is 0. The zero-order valence-corrected chi connectivity index (χ0v) is 13.6. The highest BCUT2D eigenvalue weighted by Gasteiger charge is 2.12. The molecule has 4 heteroatoms. The minimum absolute atomic E-state index is 0.0255. The number of benzene rings is 2. The van der Waals surface area contributed by atoms with E-state index in [-0.39, 0.29) is 11.8 Å². The maximum Gasteiger partial charge on any atom is 0.343 e. The minimum Gasteiger partial charge on any atom is -0.423 e. The number of esters is 1. The summed E-state index contributed by atoms with van der Waals surface area (Å²) in [5.74, 6) is 0.0204. The number of hydrogen-bond donors (Lipinski definition) is 1. The van der Waals surface area contributed by atoms with Crippen LogP contribution in [0.5, 0.6) is 5.75 Å². The molecule has 0 radical (unpaired) electrons. The van der Waals surface area contributed by atoms with Crippen LogP contribution in [0.15, 0.2) is 48.5 Å². The van der Waals surface area contributed by atoms with Gasteiger partial charge in [-0.25, -0.2) is 4.79 Å². The molecule has 0 saturated carbocycles. The molecule has 1 N–H and O–H groups in total. The van der Waals surface area contributed by atoms with Crippen LogP contribution in [0.3, 0.4) is 0 Å². The van der Waals surface area contributed by atoms with Gasteiger partial charge in [0.25, 0.3) is 0 Å². The third kappa shape index (κ3) is 4.68. The first-order valence-electron chi connectivity index (χ1n) is 7.69. The number of anilines is 1. The average molecular weight is 311 g/mol. The van der Waals surface area contributed by atoms with E-state index in [1.165, 1.54) is 0 Å². The van der Waals surface area contributed by atoms with Gasteiger partial charge in [-0.1, -0.05) is 31.5 Å². The molecular formula is C19H21NO3. The Morgan fingerprint density at radius 1 is 1.04 bits per heavy atom. The van der Waals surface area contributed by atoms with Gasteiger partial charge in [0.15, 0.2) is 0 Å². The molecule has 0 aliphatic heterocycles. The molecule has 0 aliphatic carbocycles. The van der Waals surface area contributed by atoms with Crippen LogP contribution in [0.25, 0.3) is 0 Å². The highest BCUT2D eigenvalue weighted by molar-refractivity contribution is 5.94. The van der Waals surface area contributed by atoms with Gasteiger partial charge in [-0.2, -0.15) is 0 Å². The lowest BCUT2D eigenvalue weighted by atomic mass is 10.1. The number of amides is 1. The molecule has 0 aliphatic rings. The molecular weight excluding hydrogens is 290 g/mol. The Morgan fingerprint density at radius 3 is 2.22 bits per heavy atom. The van der Waals surface area contributed by atoms with Crippen molar-refractivity contribution in [3.05, 3.63) is 59.7 Å². The topological polar surface area (TPSA) is 55.4 Å². The first-order chi connectivity index (χ1) is 11.0. The smallest absolute Gasteiger partial charge is 0.343 e. The number of aryl methyl sites for hydroxylation is 1. The summed E-state index contributed by atoms with van der Waals surface area (Å²) in [7, 11) is 0. The SMILES string of the molecule is CCC(C)C(=O)Nc1ccc(C(=O)Oc2ccc(C)cc2)cc1. The molecule has 0 saturated heterocycles. The van der Waals surface area contributed by atoms with Crippen LogP contribution in [0.4, 0.5) is 5.69 Å². The summed E-state index contributed by atoms with van der Waals surface area (Å²) in [4.78, 5) is 23.9. The predicted molar refractivity (Wildman–Crippen MR) is 90.7 cm³/mol. The van der Waals surface area contributed by atoms with E-state index in [2.05, 4.69) is 5.32 Å². The maximum absolute atomic E-state index is 12.1. The van der Waals surface area contributed by atoms with Gasteiger partial charge in [-0.15, -0.1) is 0 Å². The van der Waals surface area contributed by atoms with Crippen LogP contribution >= 0.6 is 0 Å². The molecule has 2 aromatic carbocycles. The second-order valence-corrected chi connectivity index (χ2v) is 5.58. The molecule has 0 spiro atoms. The number of ether oxygens (including phenoxy) is 1. The first kappa shape index (κ1) is 16.7. The van der Waals surface area contributed by atoms with Gasteiger partial charge in [0, 0.05) is 11.6 Å². The Morgan fingerprint density at radius 2 is 1.65 bits per heavy atom. The molecule has 23 heavy (non-hydrogen) atoms. The molecule has 1 amide bonds. The minimum atomic E-state index is -0.423. The molecule has 4 nitrogen and oxygen atoms in total. The van der Waals surface area contributed by atoms with Crippen LogP contribution in [-0.2, 0) is 4.79 Å². The van der Waals surface area contributed by atoms with E-state index in [1.807, 2.05) is 32.9 Å². The first-order valence-corrected chi connectivity index (χ1v) is 7.69. The van der Waals surface area contributed by atoms with E-state index in [1.54, 1.807) is 36.4 Å². The van der Waals surface area contributed by atoms with E-state index in [4.69, 9.17) is 4.74 Å². The van der Waals surface area contributed by atoms with E-state index in [0.717, 1.165) is 12.0 Å². The Labute approximate surface area is 136 Å². The Kier molecular flexibility index (Phi) is 5.52. The fraction of sp³-hybridized carbons (Fsp3) is 0.263. The maximum atomic E-state index is 12.1. The van der Waals surface area contributed by atoms with Gasteiger partial charge in [0.2, 0.25) is 5.91 Å². The van der Waals surface area contributed by atoms with Gasteiger partial charge in [0.1, 0.15) is 5.75 Å². The molecule has 2 aromatic rings. The molecule has 0 aromatic heterocycles. The fourth-order valence-electron chi connectivity index (χ4n) is 1.91. The second-order valence-electron chi connectivity index (χ2n) is 5.58. The van der Waals surface area contributed by atoms with Crippen molar-refractivity contribution in [3.8, 4) is 5.75 Å². The summed E-state index contributed by atoms with van der Waals surface area (Å²) in [6, 6.07) is 14.0. The standard InChI is InChI=1S/C19H21NO3/c1-4-14(3)18(21)20-16-9-7-15(8-10-16)19(22)23-17-11-5-13(2)6-12-17/h5-12,14H,4H2,1-3H3,(H,20,21). The number of carbonyl (C=O) groups excluding carboxylic acids is 2. The van der Waals surface area contributed by atoms with E-state index >= 15 is 0 Å². The summed E-state index contributed by atoms with van der Waals surface area (Å²) in [5, 5.41) is 2.82. The lowest BCUT2D eigenvalue weighted by Gasteiger charge is -2.10. The molecule has 120 valence electrons. The normalized spacial score (nSPS) is 11.6. The Hall–Kier alpha value is -2.62. The largest absolute Gasteiger partial charge is 0.423 e. The van der Waals surface area contributed by atoms with Gasteiger partial charge in [-0.05, 0) is 49.7 Å². The zero-order valence-electron chi connectivity index (χ0n) is 13.6. The summed E-state index contributed by atoms with van der Waals surface area (Å²) in [5.41, 5.74) is 2.21. The van der Waals surface area contributed by atoms with Crippen molar-refractivity contribution < 1.29 is 14.3 Å². The summed E-state index contributed by atoms with van der Waals surface area (Å²) < 4.78 is 5.31. The van der Waals surface area contributed by atoms with Crippen LogP contribution in [0.2, 0.25) is 0 Å². The molecule has 1 unspecified atom stereocenters. The van der Waals surface area contributed by atoms with Gasteiger partial charge in [-0.3, -0.25) is 4.79 Å². The lowest BCUT2D eigenvalue weighted by molar-refractivity contribution is -0.119. The molecule has 0 heterocycles. The number of nitrogens with one attached hydrogen (secondary N) is 1. The quantitative estimate of drug-likeness (QED) is 0.665. The van der Waals surface area contributed by atoms with Crippen molar-refractivity contribution in [1.82, 2.24) is 0 Å². The van der Waals surface area contributed by atoms with Crippen molar-refractivity contribution in [2.24, 2.45) is 5.92 Å². The number of rotatable bonds is 5. The second kappa shape index (κ2) is 7.58. The predicted octanol–water partition coefficient (Wildman–Crippen LogP) is 4.20. The third-order valence-electron chi connectivity index (χ3n) is 3.68. The van der Waals surface area contributed by atoms with E-state index < -0.39 is 5.97 Å². The van der Waals surface area contributed by atoms with E-state index in [0.29, 0.717) is 17.0 Å². The van der Waals surface area contributed by atoms with Crippen molar-refractivity contribution in [2.45, 2.75) is 27.2 Å². The van der Waals surface area contributed by atoms with Crippen LogP contribution < -0.4 is 10.1 Å². The van der Waals surface area contributed by atoms with Crippen molar-refractivity contribution in [3.63, 3.8) is 0 Å². The van der Waals surface area contributed by atoms with Crippen molar-refractivity contribution >= 4 is 17.6 Å². The van der Waals surface area contributed by atoms with Gasteiger partial charge < -0.3 is 10.1 Å². The Balaban J connectivity index is 2.00. The fourth-order valence-corrected chi connectivity index (χ4v) is 1.91. The van der Waals surface area contributed by atoms with Crippen molar-refractivity contribution in [2.75, 3.05) is 5.32 Å². The lowest BCUT2D eigenvalue weighted by Crippen LogP contribution is -2.19.